The van der Waals surface area contributed by atoms with Crippen LogP contribution in [0.4, 0.5) is 0 Å². The molecule has 0 bridgehead atoms. The summed E-state index contributed by atoms with van der Waals surface area (Å²) in [7, 11) is 1.91. The first-order valence-electron chi connectivity index (χ1n) is 5.62. The van der Waals surface area contributed by atoms with Crippen LogP contribution >= 0.6 is 0 Å². The second kappa shape index (κ2) is 4.33. The first-order valence-corrected chi connectivity index (χ1v) is 5.62. The number of hydrogen-bond acceptors (Lipinski definition) is 1. The Morgan fingerprint density at radius 3 is 1.86 bits per heavy atom. The Hall–Kier alpha value is -0.530. The number of amides is 1. The molecule has 0 aromatic rings. The van der Waals surface area contributed by atoms with Gasteiger partial charge in [-0.2, -0.15) is 0 Å². The van der Waals surface area contributed by atoms with Crippen LogP contribution in [0.15, 0.2) is 0 Å². The Labute approximate surface area is 88.7 Å². The van der Waals surface area contributed by atoms with Crippen molar-refractivity contribution in [3.63, 3.8) is 0 Å². The van der Waals surface area contributed by atoms with E-state index in [-0.39, 0.29) is 11.0 Å². The van der Waals surface area contributed by atoms with Gasteiger partial charge in [-0.1, -0.05) is 27.7 Å². The number of carbonyl (C=O) groups excluding carboxylic acids is 1. The maximum atomic E-state index is 11.8. The lowest BCUT2D eigenvalue weighted by Gasteiger charge is -2.27. The van der Waals surface area contributed by atoms with Gasteiger partial charge in [0.1, 0.15) is 0 Å². The van der Waals surface area contributed by atoms with Crippen LogP contribution in [0, 0.1) is 5.41 Å². The van der Waals surface area contributed by atoms with E-state index in [1.165, 1.54) is 0 Å². The molecule has 14 heavy (non-hydrogen) atoms. The van der Waals surface area contributed by atoms with Crippen LogP contribution in [0.1, 0.15) is 54.4 Å². The van der Waals surface area contributed by atoms with Crippen molar-refractivity contribution in [2.75, 3.05) is 7.05 Å². The van der Waals surface area contributed by atoms with Gasteiger partial charge < -0.3 is 4.90 Å². The van der Waals surface area contributed by atoms with Gasteiger partial charge in [-0.3, -0.25) is 4.79 Å². The summed E-state index contributed by atoms with van der Waals surface area (Å²) in [5.41, 5.74) is -0.0694. The SMILES string of the molecule is CC.CCC1(C)CC(C)(C)N(C)C1=O. The van der Waals surface area contributed by atoms with E-state index in [0.717, 1.165) is 12.8 Å². The van der Waals surface area contributed by atoms with Crippen molar-refractivity contribution in [1.29, 1.82) is 0 Å². The molecule has 2 nitrogen and oxygen atoms in total. The molecule has 1 amide bonds. The largest absolute Gasteiger partial charge is 0.340 e. The average Bonchev–Trinajstić information content (AvgIpc) is 2.31. The standard InChI is InChI=1S/C10H19NO.C2H6/c1-6-10(4)7-9(2,3)11(5)8(10)12;1-2/h6-7H2,1-5H3;1-2H3. The Bertz CT molecular complexity index is 210. The molecule has 1 fully saturated rings. The molecule has 1 atom stereocenters. The number of carbonyl (C=O) groups is 1. The molecular formula is C12H25NO. The average molecular weight is 199 g/mol. The molecule has 1 saturated heterocycles. The molecule has 84 valence electrons. The Kier molecular flexibility index (Phi) is 4.16. The van der Waals surface area contributed by atoms with Gasteiger partial charge in [0.05, 0.1) is 0 Å². The van der Waals surface area contributed by atoms with E-state index in [1.807, 2.05) is 25.8 Å². The Balaban J connectivity index is 0.000000791. The summed E-state index contributed by atoms with van der Waals surface area (Å²) < 4.78 is 0. The maximum Gasteiger partial charge on any atom is 0.228 e. The summed E-state index contributed by atoms with van der Waals surface area (Å²) in [5, 5.41) is 0. The summed E-state index contributed by atoms with van der Waals surface area (Å²) in [6.45, 7) is 12.4. The molecule has 0 saturated carbocycles. The number of rotatable bonds is 1. The zero-order valence-electron chi connectivity index (χ0n) is 10.8. The second-order valence-corrected chi connectivity index (χ2v) is 4.77. The molecule has 1 heterocycles. The molecule has 0 N–H and O–H groups in total. The number of nitrogens with zero attached hydrogens (tertiary/aromatic N) is 1. The minimum atomic E-state index is -0.113. The normalized spacial score (nSPS) is 29.9. The highest BCUT2D eigenvalue weighted by molar-refractivity contribution is 5.85. The number of likely N-dealkylation sites (tertiary alicyclic amines) is 1. The van der Waals surface area contributed by atoms with Crippen LogP contribution in [0.25, 0.3) is 0 Å². The fourth-order valence-electron chi connectivity index (χ4n) is 2.11. The molecule has 1 rings (SSSR count). The van der Waals surface area contributed by atoms with Gasteiger partial charge in [0, 0.05) is 18.0 Å². The lowest BCUT2D eigenvalue weighted by molar-refractivity contribution is -0.135. The third-order valence-electron chi connectivity index (χ3n) is 3.33. The quantitative estimate of drug-likeness (QED) is 0.635. The summed E-state index contributed by atoms with van der Waals surface area (Å²) in [6.07, 6.45) is 1.92. The van der Waals surface area contributed by atoms with Crippen molar-refractivity contribution in [2.45, 2.75) is 59.9 Å². The first kappa shape index (κ1) is 13.5. The van der Waals surface area contributed by atoms with Crippen LogP contribution in [0.5, 0.6) is 0 Å². The van der Waals surface area contributed by atoms with E-state index < -0.39 is 0 Å². The van der Waals surface area contributed by atoms with Crippen LogP contribution in [-0.2, 0) is 4.79 Å². The highest BCUT2D eigenvalue weighted by Crippen LogP contribution is 2.43. The maximum absolute atomic E-state index is 11.8. The fourth-order valence-corrected chi connectivity index (χ4v) is 2.11. The van der Waals surface area contributed by atoms with Crippen LogP contribution in [0.2, 0.25) is 0 Å². The highest BCUT2D eigenvalue weighted by atomic mass is 16.2. The van der Waals surface area contributed by atoms with Crippen LogP contribution in [-0.4, -0.2) is 23.4 Å². The second-order valence-electron chi connectivity index (χ2n) is 4.77. The highest BCUT2D eigenvalue weighted by Gasteiger charge is 2.49. The van der Waals surface area contributed by atoms with Crippen molar-refractivity contribution in [1.82, 2.24) is 4.90 Å². The van der Waals surface area contributed by atoms with Crippen LogP contribution in [0.3, 0.4) is 0 Å². The molecule has 1 aliphatic rings. The summed E-state index contributed by atoms with van der Waals surface area (Å²) >= 11 is 0. The third kappa shape index (κ3) is 2.10. The summed E-state index contributed by atoms with van der Waals surface area (Å²) in [5.74, 6) is 0.301. The molecule has 0 aromatic heterocycles. The van der Waals surface area contributed by atoms with E-state index in [9.17, 15) is 4.79 Å². The van der Waals surface area contributed by atoms with Crippen molar-refractivity contribution < 1.29 is 4.79 Å². The molecule has 0 spiro atoms. The van der Waals surface area contributed by atoms with E-state index in [2.05, 4.69) is 27.7 Å². The van der Waals surface area contributed by atoms with E-state index in [1.54, 1.807) is 0 Å². The smallest absolute Gasteiger partial charge is 0.228 e. The summed E-state index contributed by atoms with van der Waals surface area (Å²) in [6, 6.07) is 0. The van der Waals surface area contributed by atoms with E-state index in [0.29, 0.717) is 5.91 Å². The van der Waals surface area contributed by atoms with Gasteiger partial charge in [0.15, 0.2) is 0 Å². The minimum absolute atomic E-state index is 0.0435. The van der Waals surface area contributed by atoms with Crippen molar-refractivity contribution >= 4 is 5.91 Å². The third-order valence-corrected chi connectivity index (χ3v) is 3.33. The van der Waals surface area contributed by atoms with Crippen LogP contribution < -0.4 is 0 Å². The molecule has 1 unspecified atom stereocenters. The Morgan fingerprint density at radius 1 is 1.29 bits per heavy atom. The van der Waals surface area contributed by atoms with E-state index >= 15 is 0 Å². The van der Waals surface area contributed by atoms with E-state index in [4.69, 9.17) is 0 Å². The summed E-state index contributed by atoms with van der Waals surface area (Å²) in [4.78, 5) is 13.7. The minimum Gasteiger partial charge on any atom is -0.340 e. The van der Waals surface area contributed by atoms with Gasteiger partial charge in [-0.05, 0) is 26.7 Å². The van der Waals surface area contributed by atoms with Gasteiger partial charge >= 0.3 is 0 Å². The zero-order chi connectivity index (χ0) is 11.6. The lowest BCUT2D eigenvalue weighted by Crippen LogP contribution is -2.37. The van der Waals surface area contributed by atoms with Crippen molar-refractivity contribution in [3.8, 4) is 0 Å². The fraction of sp³-hybridized carbons (Fsp3) is 0.917. The van der Waals surface area contributed by atoms with Gasteiger partial charge in [-0.25, -0.2) is 0 Å². The predicted molar refractivity (Wildman–Crippen MR) is 61.2 cm³/mol. The molecule has 0 aliphatic carbocycles. The lowest BCUT2D eigenvalue weighted by atomic mass is 9.81. The van der Waals surface area contributed by atoms with Crippen molar-refractivity contribution in [3.05, 3.63) is 0 Å². The van der Waals surface area contributed by atoms with Gasteiger partial charge in [0.2, 0.25) is 5.91 Å². The number of hydrogen-bond donors (Lipinski definition) is 0. The molecular weight excluding hydrogens is 174 g/mol. The molecule has 2 heteroatoms. The Morgan fingerprint density at radius 2 is 1.71 bits per heavy atom. The predicted octanol–water partition coefficient (Wildman–Crippen LogP) is 3.07. The van der Waals surface area contributed by atoms with Gasteiger partial charge in [-0.15, -0.1) is 0 Å². The molecule has 0 radical (unpaired) electrons. The molecule has 0 aromatic carbocycles. The van der Waals surface area contributed by atoms with Crippen molar-refractivity contribution in [2.24, 2.45) is 5.41 Å². The molecule has 1 aliphatic heterocycles. The van der Waals surface area contributed by atoms with Gasteiger partial charge in [0.25, 0.3) is 0 Å². The monoisotopic (exact) mass is 199 g/mol. The topological polar surface area (TPSA) is 20.3 Å². The first-order chi connectivity index (χ1) is 6.33. The zero-order valence-corrected chi connectivity index (χ0v) is 10.8.